The van der Waals surface area contributed by atoms with Gasteiger partial charge in [0.25, 0.3) is 0 Å². The van der Waals surface area contributed by atoms with E-state index in [9.17, 15) is 4.79 Å². The molecule has 0 amide bonds. The lowest BCUT2D eigenvalue weighted by atomic mass is 10.1. The van der Waals surface area contributed by atoms with Gasteiger partial charge in [0.05, 0.1) is 0 Å². The van der Waals surface area contributed by atoms with Crippen LogP contribution in [0.1, 0.15) is 5.56 Å². The van der Waals surface area contributed by atoms with Gasteiger partial charge in [-0.3, -0.25) is 4.79 Å². The molecule has 4 nitrogen and oxygen atoms in total. The lowest BCUT2D eigenvalue weighted by molar-refractivity contribution is -0.138. The second-order valence-corrected chi connectivity index (χ2v) is 4.90. The van der Waals surface area contributed by atoms with E-state index in [2.05, 4.69) is 27.6 Å². The molecule has 84 valence electrons. The van der Waals surface area contributed by atoms with Gasteiger partial charge in [0.2, 0.25) is 0 Å². The number of hydrogen-bond acceptors (Lipinski definition) is 2. The molecule has 4 N–H and O–H groups in total. The summed E-state index contributed by atoms with van der Waals surface area (Å²) in [6.45, 7) is 0. The van der Waals surface area contributed by atoms with Crippen LogP contribution in [0.5, 0.6) is 0 Å². The van der Waals surface area contributed by atoms with Gasteiger partial charge in [-0.15, -0.1) is 0 Å². The quantitative estimate of drug-likeness (QED) is 0.750. The first-order valence-electron chi connectivity index (χ1n) is 4.82. The highest BCUT2D eigenvalue weighted by Gasteiger charge is 2.14. The summed E-state index contributed by atoms with van der Waals surface area (Å²) in [4.78, 5) is 13.8. The topological polar surface area (TPSA) is 79.1 Å². The number of benzene rings is 1. The van der Waals surface area contributed by atoms with Crippen molar-refractivity contribution in [1.82, 2.24) is 4.98 Å². The molecule has 1 unspecified atom stereocenters. The number of aliphatic carboxylic acids is 1. The second-order valence-electron chi connectivity index (χ2n) is 3.65. The Hall–Kier alpha value is -1.08. The van der Waals surface area contributed by atoms with Gasteiger partial charge in [-0.2, -0.15) is 0 Å². The lowest BCUT2D eigenvalue weighted by Crippen LogP contribution is -2.32. The first-order chi connectivity index (χ1) is 7.58. The van der Waals surface area contributed by atoms with Crippen LogP contribution in [-0.2, 0) is 11.2 Å². The third kappa shape index (κ3) is 2.19. The van der Waals surface area contributed by atoms with Gasteiger partial charge in [0, 0.05) is 27.1 Å². The van der Waals surface area contributed by atoms with Crippen LogP contribution in [0.3, 0.4) is 0 Å². The molecule has 0 aliphatic rings. The van der Waals surface area contributed by atoms with E-state index in [0.717, 1.165) is 20.0 Å². The van der Waals surface area contributed by atoms with Crippen molar-refractivity contribution < 1.29 is 9.90 Å². The molecule has 1 aromatic heterocycles. The number of aromatic amines is 1. The maximum absolute atomic E-state index is 10.7. The van der Waals surface area contributed by atoms with Gasteiger partial charge >= 0.3 is 5.97 Å². The fraction of sp³-hybridized carbons (Fsp3) is 0.182. The fourth-order valence-electron chi connectivity index (χ4n) is 1.64. The van der Waals surface area contributed by atoms with Gasteiger partial charge in [-0.1, -0.05) is 0 Å². The number of nitrogens with two attached hydrogens (primary N) is 1. The Morgan fingerprint density at radius 1 is 1.56 bits per heavy atom. The van der Waals surface area contributed by atoms with Crippen molar-refractivity contribution in [3.8, 4) is 0 Å². The van der Waals surface area contributed by atoms with Crippen LogP contribution in [0.4, 0.5) is 0 Å². The van der Waals surface area contributed by atoms with E-state index < -0.39 is 12.0 Å². The molecule has 0 aliphatic heterocycles. The predicted molar refractivity (Wildman–Crippen MR) is 70.3 cm³/mol. The molecule has 0 saturated heterocycles. The van der Waals surface area contributed by atoms with Crippen molar-refractivity contribution in [2.75, 3.05) is 0 Å². The molecule has 1 heterocycles. The first-order valence-corrected chi connectivity index (χ1v) is 5.89. The third-order valence-electron chi connectivity index (χ3n) is 2.49. The third-order valence-corrected chi connectivity index (χ3v) is 3.16. The zero-order valence-electron chi connectivity index (χ0n) is 8.40. The zero-order valence-corrected chi connectivity index (χ0v) is 10.6. The smallest absolute Gasteiger partial charge is 0.320 e. The van der Waals surface area contributed by atoms with Crippen LogP contribution in [0, 0.1) is 3.57 Å². The molecule has 1 aromatic carbocycles. The number of halogens is 1. The number of fused-ring (bicyclic) bond motifs is 1. The van der Waals surface area contributed by atoms with Crippen LogP contribution in [-0.4, -0.2) is 22.1 Å². The highest BCUT2D eigenvalue weighted by Crippen LogP contribution is 2.21. The van der Waals surface area contributed by atoms with Crippen LogP contribution in [0.25, 0.3) is 10.9 Å². The minimum atomic E-state index is -0.972. The number of carbonyl (C=O) groups is 1. The highest BCUT2D eigenvalue weighted by molar-refractivity contribution is 14.1. The molecule has 2 aromatic rings. The molecule has 0 spiro atoms. The number of carboxylic acids is 1. The maximum Gasteiger partial charge on any atom is 0.320 e. The molecule has 5 heteroatoms. The highest BCUT2D eigenvalue weighted by atomic mass is 127. The summed E-state index contributed by atoms with van der Waals surface area (Å²) >= 11 is 2.23. The zero-order chi connectivity index (χ0) is 11.7. The first kappa shape index (κ1) is 11.4. The molecular formula is C11H11IN2O2. The Morgan fingerprint density at radius 3 is 3.00 bits per heavy atom. The minimum Gasteiger partial charge on any atom is -0.480 e. The Bertz CT molecular complexity index is 536. The van der Waals surface area contributed by atoms with Crippen molar-refractivity contribution in [2.45, 2.75) is 12.5 Å². The van der Waals surface area contributed by atoms with E-state index >= 15 is 0 Å². The van der Waals surface area contributed by atoms with Crippen LogP contribution < -0.4 is 5.73 Å². The van der Waals surface area contributed by atoms with E-state index in [0.29, 0.717) is 6.42 Å². The van der Waals surface area contributed by atoms with Crippen molar-refractivity contribution >= 4 is 39.5 Å². The maximum atomic E-state index is 10.7. The Labute approximate surface area is 106 Å². The molecule has 0 saturated carbocycles. The summed E-state index contributed by atoms with van der Waals surface area (Å²) in [7, 11) is 0. The molecule has 0 aliphatic carbocycles. The van der Waals surface area contributed by atoms with Gasteiger partial charge < -0.3 is 15.8 Å². The number of carboxylic acid groups (broad SMARTS) is 1. The molecule has 1 atom stereocenters. The average molecular weight is 330 g/mol. The van der Waals surface area contributed by atoms with E-state index in [4.69, 9.17) is 10.8 Å². The molecule has 0 fully saturated rings. The van der Waals surface area contributed by atoms with E-state index in [1.807, 2.05) is 24.4 Å². The monoisotopic (exact) mass is 330 g/mol. The SMILES string of the molecule is NC(Cc1c[nH]c2ccc(I)cc12)C(=O)O. The number of aromatic nitrogens is 1. The minimum absolute atomic E-state index is 0.343. The Balaban J connectivity index is 2.37. The number of H-pyrrole nitrogens is 1. The van der Waals surface area contributed by atoms with Gasteiger partial charge in [-0.25, -0.2) is 0 Å². The summed E-state index contributed by atoms with van der Waals surface area (Å²) in [6.07, 6.45) is 2.17. The number of rotatable bonds is 3. The number of hydrogen-bond donors (Lipinski definition) is 3. The van der Waals surface area contributed by atoms with Gasteiger partial charge in [-0.05, 0) is 46.4 Å². The molecule has 16 heavy (non-hydrogen) atoms. The van der Waals surface area contributed by atoms with Crippen LogP contribution >= 0.6 is 22.6 Å². The van der Waals surface area contributed by atoms with E-state index in [1.165, 1.54) is 0 Å². The summed E-state index contributed by atoms with van der Waals surface area (Å²) in [5.74, 6) is -0.972. The number of nitrogens with one attached hydrogen (secondary N) is 1. The summed E-state index contributed by atoms with van der Waals surface area (Å²) in [5, 5.41) is 9.82. The summed E-state index contributed by atoms with van der Waals surface area (Å²) in [5.41, 5.74) is 7.48. The van der Waals surface area contributed by atoms with Crippen molar-refractivity contribution in [3.63, 3.8) is 0 Å². The van der Waals surface area contributed by atoms with Crippen molar-refractivity contribution in [3.05, 3.63) is 33.5 Å². The molecular weight excluding hydrogens is 319 g/mol. The molecule has 2 rings (SSSR count). The average Bonchev–Trinajstić information content (AvgIpc) is 2.61. The van der Waals surface area contributed by atoms with Gasteiger partial charge in [0.1, 0.15) is 6.04 Å². The standard InChI is InChI=1S/C11H11IN2O2/c12-7-1-2-10-8(4-7)6(5-14-10)3-9(13)11(15)16/h1-2,4-5,9,14H,3,13H2,(H,15,16). The second kappa shape index (κ2) is 4.42. The Morgan fingerprint density at radius 2 is 2.31 bits per heavy atom. The van der Waals surface area contributed by atoms with Crippen LogP contribution in [0.15, 0.2) is 24.4 Å². The van der Waals surface area contributed by atoms with Crippen molar-refractivity contribution in [2.24, 2.45) is 5.73 Å². The van der Waals surface area contributed by atoms with E-state index in [1.54, 1.807) is 0 Å². The fourth-order valence-corrected chi connectivity index (χ4v) is 2.13. The summed E-state index contributed by atoms with van der Waals surface area (Å²) in [6, 6.07) is 5.15. The lowest BCUT2D eigenvalue weighted by Gasteiger charge is -2.04. The van der Waals surface area contributed by atoms with Crippen LogP contribution in [0.2, 0.25) is 0 Å². The van der Waals surface area contributed by atoms with Gasteiger partial charge in [0.15, 0.2) is 0 Å². The van der Waals surface area contributed by atoms with E-state index in [-0.39, 0.29) is 0 Å². The van der Waals surface area contributed by atoms with Crippen molar-refractivity contribution in [1.29, 1.82) is 0 Å². The molecule has 0 bridgehead atoms. The normalized spacial score (nSPS) is 12.9. The Kier molecular flexibility index (Phi) is 3.15. The predicted octanol–water partition coefficient (Wildman–Crippen LogP) is 1.73. The largest absolute Gasteiger partial charge is 0.480 e. The summed E-state index contributed by atoms with van der Waals surface area (Å²) < 4.78 is 1.12. The molecule has 0 radical (unpaired) electrons.